The van der Waals surface area contributed by atoms with Crippen molar-refractivity contribution in [3.63, 3.8) is 0 Å². The highest BCUT2D eigenvalue weighted by Gasteiger charge is 2.31. The van der Waals surface area contributed by atoms with Gasteiger partial charge in [0.15, 0.2) is 0 Å². The maximum atomic E-state index is 12.6. The number of H-pyrrole nitrogens is 1. The van der Waals surface area contributed by atoms with Crippen molar-refractivity contribution < 1.29 is 4.79 Å². The number of aromatic amines is 1. The molecule has 0 spiro atoms. The summed E-state index contributed by atoms with van der Waals surface area (Å²) in [7, 11) is 0. The van der Waals surface area contributed by atoms with Crippen LogP contribution in [-0.4, -0.2) is 43.9 Å². The Morgan fingerprint density at radius 1 is 1.39 bits per heavy atom. The first-order valence-corrected chi connectivity index (χ1v) is 8.25. The summed E-state index contributed by atoms with van der Waals surface area (Å²) in [4.78, 5) is 14.5. The number of fused-ring (bicyclic) bond motifs is 1. The third-order valence-electron chi connectivity index (χ3n) is 4.78. The Bertz CT molecular complexity index is 742. The van der Waals surface area contributed by atoms with Gasteiger partial charge in [-0.15, -0.1) is 0 Å². The van der Waals surface area contributed by atoms with Gasteiger partial charge >= 0.3 is 0 Å². The van der Waals surface area contributed by atoms with Gasteiger partial charge in [0.2, 0.25) is 5.91 Å². The number of aromatic nitrogens is 4. The second-order valence-corrected chi connectivity index (χ2v) is 6.59. The van der Waals surface area contributed by atoms with Crippen molar-refractivity contribution in [2.24, 2.45) is 0 Å². The number of nitrogens with one attached hydrogen (secondary N) is 1. The van der Waals surface area contributed by atoms with E-state index in [0.29, 0.717) is 11.7 Å². The van der Waals surface area contributed by atoms with E-state index in [9.17, 15) is 4.79 Å². The molecule has 1 aliphatic carbocycles. The topological polar surface area (TPSA) is 92.8 Å². The van der Waals surface area contributed by atoms with Crippen molar-refractivity contribution in [2.75, 3.05) is 18.8 Å². The maximum Gasteiger partial charge on any atom is 0.244 e. The van der Waals surface area contributed by atoms with Crippen molar-refractivity contribution >= 4 is 11.7 Å². The first kappa shape index (κ1) is 14.3. The average molecular weight is 314 g/mol. The molecule has 3 N–H and O–H groups in total. The molecular formula is C16H22N6O. The van der Waals surface area contributed by atoms with Crippen LogP contribution in [0.15, 0.2) is 6.07 Å². The Kier molecular flexibility index (Phi) is 3.36. The summed E-state index contributed by atoms with van der Waals surface area (Å²) in [5, 5.41) is 11.9. The van der Waals surface area contributed by atoms with Crippen molar-refractivity contribution in [3.05, 3.63) is 28.7 Å². The second-order valence-electron chi connectivity index (χ2n) is 6.59. The zero-order chi connectivity index (χ0) is 16.0. The number of nitrogens with two attached hydrogens (primary N) is 1. The molecule has 2 aromatic rings. The van der Waals surface area contributed by atoms with E-state index in [2.05, 4.69) is 15.3 Å². The van der Waals surface area contributed by atoms with Gasteiger partial charge in [-0.2, -0.15) is 10.2 Å². The molecule has 1 aliphatic heterocycles. The van der Waals surface area contributed by atoms with E-state index in [1.807, 2.05) is 11.8 Å². The SMILES string of the molecule is Cc1cc(N)n(CC(=O)N2CCc3[nH]nc(C4CC4)c3CC2)n1. The van der Waals surface area contributed by atoms with Gasteiger partial charge in [-0.3, -0.25) is 9.89 Å². The summed E-state index contributed by atoms with van der Waals surface area (Å²) in [6.07, 6.45) is 4.22. The molecule has 0 radical (unpaired) electrons. The van der Waals surface area contributed by atoms with Gasteiger partial charge in [0.1, 0.15) is 12.4 Å². The number of nitrogens with zero attached hydrogens (tertiary/aromatic N) is 4. The lowest BCUT2D eigenvalue weighted by atomic mass is 10.1. The zero-order valence-corrected chi connectivity index (χ0v) is 13.4. The number of aryl methyl sites for hydroxylation is 1. The van der Waals surface area contributed by atoms with E-state index in [0.717, 1.165) is 31.6 Å². The average Bonchev–Trinajstić information content (AvgIpc) is 3.25. The smallest absolute Gasteiger partial charge is 0.244 e. The predicted octanol–water partition coefficient (Wildman–Crippen LogP) is 1.00. The number of carbonyl (C=O) groups excluding carboxylic acids is 1. The fraction of sp³-hybridized carbons (Fsp3) is 0.562. The molecular weight excluding hydrogens is 292 g/mol. The van der Waals surface area contributed by atoms with Gasteiger partial charge in [-0.05, 0) is 31.7 Å². The second kappa shape index (κ2) is 5.40. The van der Waals surface area contributed by atoms with Gasteiger partial charge in [-0.1, -0.05) is 0 Å². The van der Waals surface area contributed by atoms with Crippen molar-refractivity contribution in [1.82, 2.24) is 24.9 Å². The number of hydrogen-bond donors (Lipinski definition) is 2. The molecule has 1 fully saturated rings. The lowest BCUT2D eigenvalue weighted by Crippen LogP contribution is -2.36. The molecule has 0 aromatic carbocycles. The summed E-state index contributed by atoms with van der Waals surface area (Å²) in [5.74, 6) is 1.26. The van der Waals surface area contributed by atoms with Gasteiger partial charge in [0.05, 0.1) is 11.4 Å². The Labute approximate surface area is 134 Å². The molecule has 0 atom stereocenters. The molecule has 1 amide bonds. The molecule has 2 aromatic heterocycles. The quantitative estimate of drug-likeness (QED) is 0.884. The predicted molar refractivity (Wildman–Crippen MR) is 85.9 cm³/mol. The van der Waals surface area contributed by atoms with Gasteiger partial charge in [0.25, 0.3) is 0 Å². The molecule has 3 heterocycles. The number of amides is 1. The summed E-state index contributed by atoms with van der Waals surface area (Å²) in [6, 6.07) is 1.79. The first-order chi connectivity index (χ1) is 11.1. The van der Waals surface area contributed by atoms with E-state index in [-0.39, 0.29) is 12.5 Å². The Morgan fingerprint density at radius 3 is 2.87 bits per heavy atom. The lowest BCUT2D eigenvalue weighted by Gasteiger charge is -2.20. The van der Waals surface area contributed by atoms with Gasteiger partial charge in [-0.25, -0.2) is 4.68 Å². The van der Waals surface area contributed by atoms with Crippen LogP contribution < -0.4 is 5.73 Å². The van der Waals surface area contributed by atoms with Crippen LogP contribution in [0, 0.1) is 6.92 Å². The summed E-state index contributed by atoms with van der Waals surface area (Å²) in [6.45, 7) is 3.55. The molecule has 7 heteroatoms. The van der Waals surface area contributed by atoms with Crippen LogP contribution in [0.5, 0.6) is 0 Å². The minimum Gasteiger partial charge on any atom is -0.384 e. The van der Waals surface area contributed by atoms with Crippen LogP contribution in [0.3, 0.4) is 0 Å². The molecule has 23 heavy (non-hydrogen) atoms. The third kappa shape index (κ3) is 2.71. The lowest BCUT2D eigenvalue weighted by molar-refractivity contribution is -0.131. The van der Waals surface area contributed by atoms with E-state index in [1.54, 1.807) is 10.7 Å². The number of nitrogen functional groups attached to an aromatic ring is 1. The molecule has 1 saturated carbocycles. The van der Waals surface area contributed by atoms with Crippen LogP contribution in [-0.2, 0) is 24.2 Å². The van der Waals surface area contributed by atoms with E-state index < -0.39 is 0 Å². The first-order valence-electron chi connectivity index (χ1n) is 8.25. The number of anilines is 1. The molecule has 0 unspecified atom stereocenters. The standard InChI is InChI=1S/C16H22N6O/c1-10-8-14(17)22(20-10)9-15(23)21-6-4-12-13(5-7-21)18-19-16(12)11-2-3-11/h8,11H,2-7,9,17H2,1H3,(H,18,19). The summed E-state index contributed by atoms with van der Waals surface area (Å²) in [5.41, 5.74) is 10.5. The van der Waals surface area contributed by atoms with E-state index in [4.69, 9.17) is 5.73 Å². The highest BCUT2D eigenvalue weighted by Crippen LogP contribution is 2.41. The highest BCUT2D eigenvalue weighted by atomic mass is 16.2. The van der Waals surface area contributed by atoms with Crippen molar-refractivity contribution in [2.45, 2.75) is 45.1 Å². The van der Waals surface area contributed by atoms with Crippen molar-refractivity contribution in [3.8, 4) is 0 Å². The van der Waals surface area contributed by atoms with Crippen LogP contribution >= 0.6 is 0 Å². The van der Waals surface area contributed by atoms with Crippen LogP contribution in [0.4, 0.5) is 5.82 Å². The largest absolute Gasteiger partial charge is 0.384 e. The Balaban J connectivity index is 1.45. The van der Waals surface area contributed by atoms with E-state index >= 15 is 0 Å². The van der Waals surface area contributed by atoms with Crippen molar-refractivity contribution in [1.29, 1.82) is 0 Å². The number of rotatable bonds is 3. The summed E-state index contributed by atoms with van der Waals surface area (Å²) >= 11 is 0. The number of carbonyl (C=O) groups is 1. The normalized spacial score (nSPS) is 17.9. The molecule has 4 rings (SSSR count). The minimum absolute atomic E-state index is 0.0749. The fourth-order valence-electron chi connectivity index (χ4n) is 3.37. The summed E-state index contributed by atoms with van der Waals surface area (Å²) < 4.78 is 1.58. The molecule has 0 bridgehead atoms. The Hall–Kier alpha value is -2.31. The zero-order valence-electron chi connectivity index (χ0n) is 13.4. The highest BCUT2D eigenvalue weighted by molar-refractivity contribution is 5.76. The monoisotopic (exact) mass is 314 g/mol. The van der Waals surface area contributed by atoms with Crippen LogP contribution in [0.25, 0.3) is 0 Å². The molecule has 122 valence electrons. The molecule has 7 nitrogen and oxygen atoms in total. The molecule has 0 saturated heterocycles. The fourth-order valence-corrected chi connectivity index (χ4v) is 3.37. The third-order valence-corrected chi connectivity index (χ3v) is 4.78. The minimum atomic E-state index is 0.0749. The Morgan fingerprint density at radius 2 is 2.17 bits per heavy atom. The van der Waals surface area contributed by atoms with Crippen LogP contribution in [0.1, 0.15) is 41.4 Å². The van der Waals surface area contributed by atoms with E-state index in [1.165, 1.54) is 29.8 Å². The number of hydrogen-bond acceptors (Lipinski definition) is 4. The van der Waals surface area contributed by atoms with Gasteiger partial charge < -0.3 is 10.6 Å². The van der Waals surface area contributed by atoms with Crippen LogP contribution in [0.2, 0.25) is 0 Å². The maximum absolute atomic E-state index is 12.6. The van der Waals surface area contributed by atoms with Gasteiger partial charge in [0, 0.05) is 37.2 Å². The molecule has 2 aliphatic rings.